The summed E-state index contributed by atoms with van der Waals surface area (Å²) in [5, 5.41) is 145. The molecule has 19 atom stereocenters. The molecule has 3 heterocycles. The Labute approximate surface area is 314 Å². The Kier molecular flexibility index (Phi) is 19.1. The minimum atomic E-state index is -1.93. The van der Waals surface area contributed by atoms with Crippen LogP contribution in [-0.4, -0.2) is 209 Å². The van der Waals surface area contributed by atoms with Crippen LogP contribution in [0.5, 0.6) is 0 Å². The predicted octanol–water partition coefficient (Wildman–Crippen LogP) is -12.0. The van der Waals surface area contributed by atoms with E-state index in [1.807, 2.05) is 0 Å². The first-order valence-corrected chi connectivity index (χ1v) is 16.1. The van der Waals surface area contributed by atoms with E-state index >= 15 is 0 Å². The molecule has 292 valence electrons. The Balaban J connectivity index is 0.00000118. The molecule has 51 heavy (non-hydrogen) atoms. The Morgan fingerprint density at radius 1 is 0.745 bits per heavy atom. The van der Waals surface area contributed by atoms with E-state index in [0.29, 0.717) is 6.42 Å². The quantitative estimate of drug-likeness (QED) is 0.0687. The van der Waals surface area contributed by atoms with Gasteiger partial charge in [-0.3, -0.25) is 0 Å². The van der Waals surface area contributed by atoms with Crippen molar-refractivity contribution >= 4 is 5.97 Å². The van der Waals surface area contributed by atoms with Gasteiger partial charge in [-0.05, 0) is 18.9 Å². The molecule has 21 nitrogen and oxygen atoms in total. The first-order chi connectivity index (χ1) is 23.5. The number of hydrogen-bond acceptors (Lipinski definition) is 21. The van der Waals surface area contributed by atoms with E-state index in [9.17, 15) is 76.3 Å². The fraction of sp³-hybridized carbons (Fsp3) is 0.897. The van der Waals surface area contributed by atoms with Gasteiger partial charge < -0.3 is 105 Å². The van der Waals surface area contributed by atoms with Crippen LogP contribution in [0.15, 0.2) is 11.6 Å². The average Bonchev–Trinajstić information content (AvgIpc) is 3.08. The van der Waals surface area contributed by atoms with Gasteiger partial charge >= 0.3 is 29.6 Å². The van der Waals surface area contributed by atoms with Gasteiger partial charge in [0, 0.05) is 5.97 Å². The topological polar surface area (TPSA) is 361 Å². The first kappa shape index (κ1) is 46.6. The largest absolute Gasteiger partial charge is 1.00 e. The predicted molar refractivity (Wildman–Crippen MR) is 158 cm³/mol. The van der Waals surface area contributed by atoms with E-state index in [1.165, 1.54) is 13.0 Å². The first-order valence-electron chi connectivity index (χ1n) is 16.1. The summed E-state index contributed by atoms with van der Waals surface area (Å²) in [6.07, 6.45) is -25.7. The molecular weight excluding hydrogens is 705 g/mol. The van der Waals surface area contributed by atoms with E-state index in [2.05, 4.69) is 5.32 Å². The molecule has 3 aliphatic heterocycles. The normalized spacial score (nSPS) is 45.9. The monoisotopic (exact) mass is 755 g/mol. The third-order valence-corrected chi connectivity index (χ3v) is 8.93. The Morgan fingerprint density at radius 2 is 1.25 bits per heavy atom. The van der Waals surface area contributed by atoms with Crippen LogP contribution < -0.4 is 40.0 Å². The summed E-state index contributed by atoms with van der Waals surface area (Å²) >= 11 is 0. The summed E-state index contributed by atoms with van der Waals surface area (Å²) in [5.41, 5.74) is 0.0225. The number of rotatable bonds is 11. The number of aliphatic hydroxyl groups is 13. The zero-order chi connectivity index (χ0) is 37.6. The summed E-state index contributed by atoms with van der Waals surface area (Å²) in [4.78, 5) is 9.49. The molecule has 0 bridgehead atoms. The summed E-state index contributed by atoms with van der Waals surface area (Å²) in [5.74, 6) is -0.961. The number of aliphatic carboxylic acids is 1. The molecule has 0 unspecified atom stereocenters. The maximum absolute atomic E-state index is 10.9. The van der Waals surface area contributed by atoms with E-state index in [4.69, 9.17) is 23.7 Å². The average molecular weight is 756 g/mol. The van der Waals surface area contributed by atoms with Gasteiger partial charge in [-0.1, -0.05) is 19.4 Å². The molecule has 0 aromatic heterocycles. The van der Waals surface area contributed by atoms with Crippen LogP contribution in [0.4, 0.5) is 0 Å². The number of carboxylic acids is 1. The smallest absolute Gasteiger partial charge is 0.550 e. The molecule has 0 amide bonds. The molecule has 4 aliphatic rings. The SMILES string of the molecule is CCCC(=O)[O-].C[C@H]1O[C@H](O[C@H]2[C@H](O)[C@@H](O)[C@@H](O[C@H]3[C@H](O)[C@@H](O)[C@H](O)O[C@@H]3CO)O[C@@H]2CO)[C@H](O)[C@@H](O)[C@@H]1N[C@H]1C=C(CO)[C@@H](O)[C@H](O)[C@H]1O.[Na+]. The van der Waals surface area contributed by atoms with Crippen LogP contribution in [0.25, 0.3) is 0 Å². The van der Waals surface area contributed by atoms with Gasteiger partial charge in [0.05, 0.1) is 38.0 Å². The van der Waals surface area contributed by atoms with Crippen LogP contribution in [0.1, 0.15) is 26.7 Å². The van der Waals surface area contributed by atoms with Gasteiger partial charge in [0.15, 0.2) is 18.9 Å². The molecule has 3 fully saturated rings. The maximum Gasteiger partial charge on any atom is 1.00 e. The van der Waals surface area contributed by atoms with Gasteiger partial charge in [0.25, 0.3) is 0 Å². The maximum atomic E-state index is 10.9. The Hall–Kier alpha value is -0.550. The van der Waals surface area contributed by atoms with E-state index in [0.717, 1.165) is 0 Å². The van der Waals surface area contributed by atoms with Crippen molar-refractivity contribution in [2.75, 3.05) is 19.8 Å². The molecule has 0 spiro atoms. The molecular formula is C29H50NNaO20. The number of carbonyl (C=O) groups is 1. The van der Waals surface area contributed by atoms with Gasteiger partial charge in [-0.25, -0.2) is 0 Å². The molecule has 3 saturated heterocycles. The summed E-state index contributed by atoms with van der Waals surface area (Å²) < 4.78 is 27.4. The van der Waals surface area contributed by atoms with Crippen LogP contribution >= 0.6 is 0 Å². The van der Waals surface area contributed by atoms with Crippen molar-refractivity contribution in [3.8, 4) is 0 Å². The second kappa shape index (κ2) is 20.9. The van der Waals surface area contributed by atoms with Gasteiger partial charge in [-0.15, -0.1) is 0 Å². The fourth-order valence-corrected chi connectivity index (χ4v) is 6.02. The third kappa shape index (κ3) is 11.0. The van der Waals surface area contributed by atoms with E-state index in [1.54, 1.807) is 6.92 Å². The summed E-state index contributed by atoms with van der Waals surface area (Å²) in [7, 11) is 0. The van der Waals surface area contributed by atoms with E-state index < -0.39 is 142 Å². The van der Waals surface area contributed by atoms with Crippen molar-refractivity contribution in [3.63, 3.8) is 0 Å². The van der Waals surface area contributed by atoms with Crippen molar-refractivity contribution in [2.45, 2.75) is 143 Å². The molecule has 0 radical (unpaired) electrons. The van der Waals surface area contributed by atoms with Crippen molar-refractivity contribution in [1.82, 2.24) is 5.32 Å². The van der Waals surface area contributed by atoms with E-state index in [-0.39, 0.29) is 41.6 Å². The van der Waals surface area contributed by atoms with Gasteiger partial charge in [-0.2, -0.15) is 0 Å². The number of carboxylic acid groups (broad SMARTS) is 1. The molecule has 22 heteroatoms. The minimum Gasteiger partial charge on any atom is -0.550 e. The number of ether oxygens (including phenoxy) is 5. The second-order valence-corrected chi connectivity index (χ2v) is 12.5. The molecule has 0 aromatic carbocycles. The number of nitrogens with one attached hydrogen (secondary N) is 1. The second-order valence-electron chi connectivity index (χ2n) is 12.5. The fourth-order valence-electron chi connectivity index (χ4n) is 6.02. The molecule has 0 saturated carbocycles. The Bertz CT molecular complexity index is 1090. The number of aliphatic hydroxyl groups excluding tert-OH is 13. The number of carbonyl (C=O) groups excluding carboxylic acids is 1. The van der Waals surface area contributed by atoms with Gasteiger partial charge in [0.2, 0.25) is 0 Å². The van der Waals surface area contributed by atoms with Crippen LogP contribution in [-0.2, 0) is 28.5 Å². The summed E-state index contributed by atoms with van der Waals surface area (Å²) in [6, 6.07) is -2.17. The summed E-state index contributed by atoms with van der Waals surface area (Å²) in [6.45, 7) is 1.05. The van der Waals surface area contributed by atoms with Crippen molar-refractivity contribution in [2.24, 2.45) is 0 Å². The molecule has 4 rings (SSSR count). The molecule has 0 aromatic rings. The third-order valence-electron chi connectivity index (χ3n) is 8.93. The van der Waals surface area contributed by atoms with Crippen molar-refractivity contribution in [3.05, 3.63) is 11.6 Å². The van der Waals surface area contributed by atoms with Crippen LogP contribution in [0.3, 0.4) is 0 Å². The zero-order valence-corrected chi connectivity index (χ0v) is 30.3. The Morgan fingerprint density at radius 3 is 1.75 bits per heavy atom. The van der Waals surface area contributed by atoms with Gasteiger partial charge in [0.1, 0.15) is 79.4 Å². The van der Waals surface area contributed by atoms with Crippen LogP contribution in [0.2, 0.25) is 0 Å². The standard InChI is InChI=1S/C25H43NO18.C4H8O2.Na/c1-6-11(26-8-2-7(3-27)12(30)15(33)13(8)31)14(32)19(37)24(40-6)43-22-10(5-29)42-25(20(38)17(22)35)44-21-9(4-28)41-23(39)18(36)16(21)34;1-2-3-4(5)6;/h2,6,8-39H,3-5H2,1H3;2-3H2,1H3,(H,5,6);/q;;+1/p-1/t6-,8+,9-,10-,11-,12-,13+,14+,15+,16-,17-,18-,19-,20-,21-,22-,23-,24-,25-;;/m1../s1. The number of hydrogen-bond donors (Lipinski definition) is 14. The zero-order valence-electron chi connectivity index (χ0n) is 28.3. The van der Waals surface area contributed by atoms with Crippen LogP contribution in [0, 0.1) is 0 Å². The molecule has 14 N–H and O–H groups in total. The minimum absolute atomic E-state index is 0. The van der Waals surface area contributed by atoms with Crippen molar-refractivity contribution < 1.29 is 130 Å². The van der Waals surface area contributed by atoms with Crippen molar-refractivity contribution in [1.29, 1.82) is 0 Å². The molecule has 1 aliphatic carbocycles.